The summed E-state index contributed by atoms with van der Waals surface area (Å²) in [6.45, 7) is 0. The van der Waals surface area contributed by atoms with Gasteiger partial charge in [0.05, 0.1) is 0 Å². The molecule has 0 bridgehead atoms. The van der Waals surface area contributed by atoms with E-state index in [2.05, 4.69) is 0 Å². The Hall–Kier alpha value is -0.740. The van der Waals surface area contributed by atoms with Gasteiger partial charge >= 0.3 is 0 Å². The lowest BCUT2D eigenvalue weighted by Gasteiger charge is -2.11. The summed E-state index contributed by atoms with van der Waals surface area (Å²) in [7, 11) is 0. The van der Waals surface area contributed by atoms with Crippen LogP contribution >= 0.6 is 11.6 Å². The van der Waals surface area contributed by atoms with Crippen molar-refractivity contribution in [3.8, 4) is 0 Å². The number of alkyl halides is 2. The molecule has 78 valence electrons. The maximum absolute atomic E-state index is 13.0. The molecule has 1 nitrogen and oxygen atoms in total. The van der Waals surface area contributed by atoms with Crippen molar-refractivity contribution < 1.29 is 18.3 Å². The highest BCUT2D eigenvalue weighted by molar-refractivity contribution is 6.31. The summed E-state index contributed by atoms with van der Waals surface area (Å²) in [5.41, 5.74) is -0.0815. The van der Waals surface area contributed by atoms with Crippen LogP contribution in [0.15, 0.2) is 18.2 Å². The standard InChI is InChI=1S/C9H8ClF3O/c10-6-2-1-3-7(11)5(6)4-8(14)9(12)13/h1-3,8-9,14H,4H2. The van der Waals surface area contributed by atoms with E-state index in [0.717, 1.165) is 6.07 Å². The molecule has 1 atom stereocenters. The largest absolute Gasteiger partial charge is 0.387 e. The fourth-order valence-corrected chi connectivity index (χ4v) is 1.27. The van der Waals surface area contributed by atoms with Crippen molar-refractivity contribution in [1.82, 2.24) is 0 Å². The minimum absolute atomic E-state index is 0.0460. The van der Waals surface area contributed by atoms with Gasteiger partial charge in [0.15, 0.2) is 0 Å². The van der Waals surface area contributed by atoms with Crippen molar-refractivity contribution in [2.75, 3.05) is 0 Å². The quantitative estimate of drug-likeness (QED) is 0.837. The highest BCUT2D eigenvalue weighted by Crippen LogP contribution is 2.21. The summed E-state index contributed by atoms with van der Waals surface area (Å²) in [5.74, 6) is -0.683. The zero-order chi connectivity index (χ0) is 10.7. The molecular weight excluding hydrogens is 217 g/mol. The van der Waals surface area contributed by atoms with E-state index in [4.69, 9.17) is 16.7 Å². The summed E-state index contributed by atoms with van der Waals surface area (Å²) < 4.78 is 37.0. The number of benzene rings is 1. The van der Waals surface area contributed by atoms with Crippen molar-refractivity contribution in [3.63, 3.8) is 0 Å². The van der Waals surface area contributed by atoms with Crippen LogP contribution in [-0.2, 0) is 6.42 Å². The molecular formula is C9H8ClF3O. The topological polar surface area (TPSA) is 20.2 Å². The Labute approximate surface area is 84.1 Å². The van der Waals surface area contributed by atoms with Crippen LogP contribution in [0.25, 0.3) is 0 Å². The first kappa shape index (κ1) is 11.3. The second-order valence-corrected chi connectivity index (χ2v) is 3.21. The van der Waals surface area contributed by atoms with Crippen LogP contribution in [0.5, 0.6) is 0 Å². The van der Waals surface area contributed by atoms with Gasteiger partial charge in [-0.1, -0.05) is 17.7 Å². The van der Waals surface area contributed by atoms with Crippen molar-refractivity contribution in [2.45, 2.75) is 19.0 Å². The third-order valence-electron chi connectivity index (χ3n) is 1.77. The van der Waals surface area contributed by atoms with Crippen LogP contribution < -0.4 is 0 Å². The highest BCUT2D eigenvalue weighted by Gasteiger charge is 2.20. The molecule has 0 fully saturated rings. The smallest absolute Gasteiger partial charge is 0.264 e. The molecule has 0 aliphatic heterocycles. The van der Waals surface area contributed by atoms with Gasteiger partial charge in [-0.2, -0.15) is 0 Å². The first-order valence-electron chi connectivity index (χ1n) is 3.91. The monoisotopic (exact) mass is 224 g/mol. The molecule has 0 saturated carbocycles. The van der Waals surface area contributed by atoms with Gasteiger partial charge in [0.25, 0.3) is 6.43 Å². The van der Waals surface area contributed by atoms with E-state index in [1.807, 2.05) is 0 Å². The van der Waals surface area contributed by atoms with Crippen LogP contribution in [0.1, 0.15) is 5.56 Å². The molecule has 0 spiro atoms. The molecule has 0 heterocycles. The van der Waals surface area contributed by atoms with Crippen molar-refractivity contribution in [2.24, 2.45) is 0 Å². The predicted octanol–water partition coefficient (Wildman–Crippen LogP) is 2.65. The Balaban J connectivity index is 2.85. The molecule has 1 rings (SSSR count). The molecule has 0 aliphatic rings. The normalized spacial score (nSPS) is 13.3. The Morgan fingerprint density at radius 3 is 2.50 bits per heavy atom. The number of halogens is 4. The van der Waals surface area contributed by atoms with Gasteiger partial charge in [-0.05, 0) is 12.1 Å². The number of hydrogen-bond donors (Lipinski definition) is 1. The zero-order valence-corrected chi connectivity index (χ0v) is 7.81. The Bertz CT molecular complexity index is 297. The average molecular weight is 225 g/mol. The maximum atomic E-state index is 13.0. The third kappa shape index (κ3) is 2.62. The molecule has 0 aromatic heterocycles. The fraction of sp³-hybridized carbons (Fsp3) is 0.333. The van der Waals surface area contributed by atoms with Crippen LogP contribution in [0.4, 0.5) is 13.2 Å². The molecule has 0 amide bonds. The lowest BCUT2D eigenvalue weighted by molar-refractivity contribution is -0.00403. The molecule has 5 heteroatoms. The lowest BCUT2D eigenvalue weighted by Crippen LogP contribution is -2.20. The molecule has 1 unspecified atom stereocenters. The summed E-state index contributed by atoms with van der Waals surface area (Å²) in [4.78, 5) is 0. The van der Waals surface area contributed by atoms with Crippen LogP contribution in [-0.4, -0.2) is 17.6 Å². The Morgan fingerprint density at radius 1 is 1.36 bits per heavy atom. The molecule has 0 aliphatic carbocycles. The highest BCUT2D eigenvalue weighted by atomic mass is 35.5. The number of hydrogen-bond acceptors (Lipinski definition) is 1. The predicted molar refractivity (Wildman–Crippen MR) is 47.1 cm³/mol. The van der Waals surface area contributed by atoms with Crippen LogP contribution in [0, 0.1) is 5.82 Å². The minimum Gasteiger partial charge on any atom is -0.387 e. The van der Waals surface area contributed by atoms with Gasteiger partial charge in [0.1, 0.15) is 11.9 Å². The molecule has 14 heavy (non-hydrogen) atoms. The average Bonchev–Trinajstić information content (AvgIpc) is 2.11. The Morgan fingerprint density at radius 2 is 2.00 bits per heavy atom. The van der Waals surface area contributed by atoms with Gasteiger partial charge in [-0.15, -0.1) is 0 Å². The van der Waals surface area contributed by atoms with E-state index in [0.29, 0.717) is 0 Å². The first-order chi connectivity index (χ1) is 6.52. The fourth-order valence-electron chi connectivity index (χ4n) is 1.03. The first-order valence-corrected chi connectivity index (χ1v) is 4.29. The van der Waals surface area contributed by atoms with Crippen LogP contribution in [0.3, 0.4) is 0 Å². The summed E-state index contributed by atoms with van der Waals surface area (Å²) >= 11 is 5.58. The van der Waals surface area contributed by atoms with Gasteiger partial charge in [0.2, 0.25) is 0 Å². The maximum Gasteiger partial charge on any atom is 0.264 e. The summed E-state index contributed by atoms with van der Waals surface area (Å²) in [6.07, 6.45) is -5.27. The number of rotatable bonds is 3. The van der Waals surface area contributed by atoms with E-state index in [1.165, 1.54) is 12.1 Å². The van der Waals surface area contributed by atoms with E-state index in [9.17, 15) is 13.2 Å². The molecule has 0 radical (unpaired) electrons. The zero-order valence-electron chi connectivity index (χ0n) is 7.05. The summed E-state index contributed by atoms with van der Waals surface area (Å²) in [6, 6.07) is 3.87. The second kappa shape index (κ2) is 4.66. The molecule has 1 aromatic rings. The number of aliphatic hydroxyl groups excluding tert-OH is 1. The Kier molecular flexibility index (Phi) is 3.77. The van der Waals surface area contributed by atoms with Crippen molar-refractivity contribution >= 4 is 11.6 Å². The van der Waals surface area contributed by atoms with E-state index in [-0.39, 0.29) is 10.6 Å². The van der Waals surface area contributed by atoms with Gasteiger partial charge in [-0.25, -0.2) is 13.2 Å². The van der Waals surface area contributed by atoms with Gasteiger partial charge in [-0.3, -0.25) is 0 Å². The van der Waals surface area contributed by atoms with E-state index >= 15 is 0 Å². The second-order valence-electron chi connectivity index (χ2n) is 2.81. The number of aliphatic hydroxyl groups is 1. The summed E-state index contributed by atoms with van der Waals surface area (Å²) in [5, 5.41) is 8.90. The molecule has 1 aromatic carbocycles. The van der Waals surface area contributed by atoms with Gasteiger partial charge < -0.3 is 5.11 Å². The SMILES string of the molecule is OC(Cc1c(F)cccc1Cl)C(F)F. The molecule has 0 saturated heterocycles. The van der Waals surface area contributed by atoms with Gasteiger partial charge in [0, 0.05) is 17.0 Å². The van der Waals surface area contributed by atoms with Crippen molar-refractivity contribution in [1.29, 1.82) is 0 Å². The third-order valence-corrected chi connectivity index (χ3v) is 2.12. The van der Waals surface area contributed by atoms with Crippen molar-refractivity contribution in [3.05, 3.63) is 34.6 Å². The van der Waals surface area contributed by atoms with Crippen LogP contribution in [0.2, 0.25) is 5.02 Å². The van der Waals surface area contributed by atoms with E-state index < -0.39 is 24.8 Å². The lowest BCUT2D eigenvalue weighted by atomic mass is 10.1. The van der Waals surface area contributed by atoms with E-state index in [1.54, 1.807) is 0 Å². The minimum atomic E-state index is -2.90. The molecule has 1 N–H and O–H groups in total.